The Morgan fingerprint density at radius 3 is 2.62 bits per heavy atom. The van der Waals surface area contributed by atoms with Crippen molar-refractivity contribution in [3.8, 4) is 5.75 Å². The lowest BCUT2D eigenvalue weighted by Crippen LogP contribution is -2.28. The second-order valence-electron chi connectivity index (χ2n) is 5.62. The number of para-hydroxylation sites is 3. The highest BCUT2D eigenvalue weighted by atomic mass is 16.5. The van der Waals surface area contributed by atoms with Crippen molar-refractivity contribution in [2.24, 2.45) is 0 Å². The number of nitrogens with zero attached hydrogens (tertiary/aromatic N) is 3. The van der Waals surface area contributed by atoms with E-state index in [0.29, 0.717) is 17.9 Å². The molecule has 0 aliphatic carbocycles. The highest BCUT2D eigenvalue weighted by molar-refractivity contribution is 5.96. The van der Waals surface area contributed by atoms with Crippen molar-refractivity contribution in [2.75, 3.05) is 14.2 Å². The molecule has 2 aromatic carbocycles. The van der Waals surface area contributed by atoms with Crippen molar-refractivity contribution in [2.45, 2.75) is 20.0 Å². The Balaban J connectivity index is 1.89. The van der Waals surface area contributed by atoms with E-state index in [-0.39, 0.29) is 5.91 Å². The summed E-state index contributed by atoms with van der Waals surface area (Å²) in [5.41, 5.74) is 2.60. The number of carbonyl (C=O) groups is 1. The molecule has 1 heterocycles. The predicted molar refractivity (Wildman–Crippen MR) is 94.2 cm³/mol. The van der Waals surface area contributed by atoms with Crippen molar-refractivity contribution < 1.29 is 9.53 Å². The van der Waals surface area contributed by atoms with Gasteiger partial charge in [-0.1, -0.05) is 24.3 Å². The molecule has 0 aliphatic rings. The third kappa shape index (κ3) is 2.85. The molecular formula is C19H21N3O2. The standard InChI is InChI=1S/C19H21N3O2/c1-4-22-16-11-7-6-10-15(16)20-18(22)13-21(2)19(23)14-9-5-8-12-17(14)24-3/h5-12H,4,13H2,1-3H3. The maximum atomic E-state index is 12.8. The summed E-state index contributed by atoms with van der Waals surface area (Å²) in [4.78, 5) is 19.1. The van der Waals surface area contributed by atoms with Gasteiger partial charge in [0, 0.05) is 13.6 Å². The number of ether oxygens (including phenoxy) is 1. The molecule has 5 nitrogen and oxygen atoms in total. The second-order valence-corrected chi connectivity index (χ2v) is 5.62. The number of amides is 1. The molecule has 0 unspecified atom stereocenters. The molecule has 0 bridgehead atoms. The molecule has 0 fully saturated rings. The van der Waals surface area contributed by atoms with Crippen LogP contribution in [0.15, 0.2) is 48.5 Å². The summed E-state index contributed by atoms with van der Waals surface area (Å²) in [6.45, 7) is 3.34. The predicted octanol–water partition coefficient (Wildman–Crippen LogP) is 3.34. The first-order chi connectivity index (χ1) is 11.7. The van der Waals surface area contributed by atoms with Crippen molar-refractivity contribution in [1.82, 2.24) is 14.5 Å². The molecule has 0 radical (unpaired) electrons. The molecule has 3 aromatic rings. The zero-order chi connectivity index (χ0) is 17.1. The largest absolute Gasteiger partial charge is 0.496 e. The average molecular weight is 323 g/mol. The SMILES string of the molecule is CCn1c(CN(C)C(=O)c2ccccc2OC)nc2ccccc21. The lowest BCUT2D eigenvalue weighted by atomic mass is 10.2. The van der Waals surface area contributed by atoms with Gasteiger partial charge in [0.25, 0.3) is 5.91 Å². The molecule has 1 amide bonds. The van der Waals surface area contributed by atoms with Gasteiger partial charge in [0.2, 0.25) is 0 Å². The van der Waals surface area contributed by atoms with E-state index in [4.69, 9.17) is 4.74 Å². The van der Waals surface area contributed by atoms with E-state index in [2.05, 4.69) is 22.5 Å². The van der Waals surface area contributed by atoms with Gasteiger partial charge in [0.15, 0.2) is 0 Å². The highest BCUT2D eigenvalue weighted by Gasteiger charge is 2.19. The van der Waals surface area contributed by atoms with Gasteiger partial charge >= 0.3 is 0 Å². The van der Waals surface area contributed by atoms with Crippen molar-refractivity contribution >= 4 is 16.9 Å². The summed E-state index contributed by atoms with van der Waals surface area (Å²) in [6, 6.07) is 15.3. The molecule has 5 heteroatoms. The first-order valence-electron chi connectivity index (χ1n) is 7.98. The topological polar surface area (TPSA) is 47.4 Å². The average Bonchev–Trinajstić information content (AvgIpc) is 2.97. The van der Waals surface area contributed by atoms with E-state index >= 15 is 0 Å². The first kappa shape index (κ1) is 16.1. The zero-order valence-corrected chi connectivity index (χ0v) is 14.2. The van der Waals surface area contributed by atoms with Gasteiger partial charge in [0.05, 0.1) is 30.3 Å². The van der Waals surface area contributed by atoms with Crippen molar-refractivity contribution in [3.63, 3.8) is 0 Å². The maximum absolute atomic E-state index is 12.8. The number of fused-ring (bicyclic) bond motifs is 1. The minimum Gasteiger partial charge on any atom is -0.496 e. The number of aryl methyl sites for hydroxylation is 1. The van der Waals surface area contributed by atoms with Crippen LogP contribution in [0.3, 0.4) is 0 Å². The summed E-state index contributed by atoms with van der Waals surface area (Å²) in [5, 5.41) is 0. The number of rotatable bonds is 5. The van der Waals surface area contributed by atoms with E-state index in [1.54, 1.807) is 31.2 Å². The second kappa shape index (κ2) is 6.74. The van der Waals surface area contributed by atoms with Crippen LogP contribution in [0.5, 0.6) is 5.75 Å². The Morgan fingerprint density at radius 1 is 1.17 bits per heavy atom. The summed E-state index contributed by atoms with van der Waals surface area (Å²) < 4.78 is 7.43. The van der Waals surface area contributed by atoms with Crippen LogP contribution >= 0.6 is 0 Å². The fourth-order valence-electron chi connectivity index (χ4n) is 2.91. The van der Waals surface area contributed by atoms with E-state index in [9.17, 15) is 4.79 Å². The molecule has 3 rings (SSSR count). The number of carbonyl (C=O) groups excluding carboxylic acids is 1. The van der Waals surface area contributed by atoms with Gasteiger partial charge in [-0.15, -0.1) is 0 Å². The number of benzene rings is 2. The van der Waals surface area contributed by atoms with Crippen LogP contribution in [0, 0.1) is 0 Å². The number of imidazole rings is 1. The molecule has 0 saturated heterocycles. The quantitative estimate of drug-likeness (QED) is 0.723. The molecule has 0 N–H and O–H groups in total. The maximum Gasteiger partial charge on any atom is 0.257 e. The molecule has 24 heavy (non-hydrogen) atoms. The Bertz CT molecular complexity index is 870. The van der Waals surface area contributed by atoms with Crippen LogP contribution < -0.4 is 4.74 Å². The van der Waals surface area contributed by atoms with Gasteiger partial charge in [-0.25, -0.2) is 4.98 Å². The van der Waals surface area contributed by atoms with Gasteiger partial charge in [-0.2, -0.15) is 0 Å². The van der Waals surface area contributed by atoms with Crippen LogP contribution in [0.1, 0.15) is 23.1 Å². The van der Waals surface area contributed by atoms with Crippen LogP contribution in [0.25, 0.3) is 11.0 Å². The lowest BCUT2D eigenvalue weighted by Gasteiger charge is -2.19. The normalized spacial score (nSPS) is 10.8. The summed E-state index contributed by atoms with van der Waals surface area (Å²) >= 11 is 0. The molecule has 0 atom stereocenters. The molecule has 0 saturated carbocycles. The molecule has 0 spiro atoms. The van der Waals surface area contributed by atoms with Crippen LogP contribution in [0.2, 0.25) is 0 Å². The molecule has 124 valence electrons. The van der Waals surface area contributed by atoms with Crippen LogP contribution in [-0.2, 0) is 13.1 Å². The Hall–Kier alpha value is -2.82. The van der Waals surface area contributed by atoms with E-state index in [0.717, 1.165) is 23.4 Å². The van der Waals surface area contributed by atoms with E-state index < -0.39 is 0 Å². The number of hydrogen-bond donors (Lipinski definition) is 0. The Kier molecular flexibility index (Phi) is 4.51. The Morgan fingerprint density at radius 2 is 1.88 bits per heavy atom. The van der Waals surface area contributed by atoms with Gasteiger partial charge in [-0.3, -0.25) is 4.79 Å². The molecular weight excluding hydrogens is 302 g/mol. The third-order valence-corrected chi connectivity index (χ3v) is 4.11. The highest BCUT2D eigenvalue weighted by Crippen LogP contribution is 2.21. The Labute approximate surface area is 141 Å². The minimum atomic E-state index is -0.0813. The van der Waals surface area contributed by atoms with Gasteiger partial charge < -0.3 is 14.2 Å². The van der Waals surface area contributed by atoms with E-state index in [1.807, 2.05) is 30.3 Å². The zero-order valence-electron chi connectivity index (χ0n) is 14.2. The third-order valence-electron chi connectivity index (χ3n) is 4.11. The van der Waals surface area contributed by atoms with E-state index in [1.165, 1.54) is 0 Å². The number of methoxy groups -OCH3 is 1. The van der Waals surface area contributed by atoms with Crippen LogP contribution in [-0.4, -0.2) is 34.5 Å². The number of hydrogen-bond acceptors (Lipinski definition) is 3. The fraction of sp³-hybridized carbons (Fsp3) is 0.263. The van der Waals surface area contributed by atoms with Crippen LogP contribution in [0.4, 0.5) is 0 Å². The fourth-order valence-corrected chi connectivity index (χ4v) is 2.91. The smallest absolute Gasteiger partial charge is 0.257 e. The summed E-state index contributed by atoms with van der Waals surface area (Å²) in [6.07, 6.45) is 0. The van der Waals surface area contributed by atoms with Gasteiger partial charge in [0.1, 0.15) is 11.6 Å². The van der Waals surface area contributed by atoms with Crippen molar-refractivity contribution in [1.29, 1.82) is 0 Å². The lowest BCUT2D eigenvalue weighted by molar-refractivity contribution is 0.0777. The number of aromatic nitrogens is 2. The molecule has 0 aliphatic heterocycles. The molecule has 1 aromatic heterocycles. The van der Waals surface area contributed by atoms with Gasteiger partial charge in [-0.05, 0) is 31.2 Å². The minimum absolute atomic E-state index is 0.0813. The monoisotopic (exact) mass is 323 g/mol. The first-order valence-corrected chi connectivity index (χ1v) is 7.98. The summed E-state index contributed by atoms with van der Waals surface area (Å²) in [7, 11) is 3.36. The summed E-state index contributed by atoms with van der Waals surface area (Å²) in [5.74, 6) is 1.38. The van der Waals surface area contributed by atoms with Crippen molar-refractivity contribution in [3.05, 3.63) is 59.9 Å².